The van der Waals surface area contributed by atoms with Crippen LogP contribution in [0.1, 0.15) is 44.5 Å². The Morgan fingerprint density at radius 3 is 2.29 bits per heavy atom. The highest BCUT2D eigenvalue weighted by Gasteiger charge is 2.35. The Balaban J connectivity index is 2.01. The van der Waals surface area contributed by atoms with Crippen LogP contribution in [0.3, 0.4) is 0 Å². The van der Waals surface area contributed by atoms with Gasteiger partial charge in [0, 0.05) is 18.2 Å². The highest BCUT2D eigenvalue weighted by molar-refractivity contribution is 7.91. The molecule has 0 aliphatic carbocycles. The monoisotopic (exact) mass is 452 g/mol. The number of nitrogens with one attached hydrogen (secondary N) is 1. The molecule has 2 amide bonds. The van der Waals surface area contributed by atoms with Crippen molar-refractivity contribution in [3.05, 3.63) is 35.9 Å². The summed E-state index contributed by atoms with van der Waals surface area (Å²) in [6.45, 7) is 7.30. The Hall–Kier alpha value is -2.42. The zero-order valence-corrected chi connectivity index (χ0v) is 19.4. The lowest BCUT2D eigenvalue weighted by molar-refractivity contribution is -0.155. The summed E-state index contributed by atoms with van der Waals surface area (Å²) in [6.07, 6.45) is 0.385. The van der Waals surface area contributed by atoms with Crippen LogP contribution in [0.15, 0.2) is 30.3 Å². The molecule has 1 aromatic carbocycles. The Bertz CT molecular complexity index is 883. The minimum atomic E-state index is -3.15. The van der Waals surface area contributed by atoms with Crippen molar-refractivity contribution >= 4 is 27.6 Å². The van der Waals surface area contributed by atoms with E-state index < -0.39 is 46.3 Å². The van der Waals surface area contributed by atoms with E-state index in [4.69, 9.17) is 4.74 Å². The van der Waals surface area contributed by atoms with Crippen LogP contribution in [0.4, 0.5) is 0 Å². The summed E-state index contributed by atoms with van der Waals surface area (Å²) in [6, 6.07) is 7.20. The van der Waals surface area contributed by atoms with Gasteiger partial charge in [-0.1, -0.05) is 45.9 Å². The fourth-order valence-corrected chi connectivity index (χ4v) is 5.22. The molecule has 8 nitrogen and oxygen atoms in total. The van der Waals surface area contributed by atoms with E-state index >= 15 is 0 Å². The highest BCUT2D eigenvalue weighted by Crippen LogP contribution is 2.19. The van der Waals surface area contributed by atoms with Gasteiger partial charge < -0.3 is 15.0 Å². The van der Waals surface area contributed by atoms with E-state index in [-0.39, 0.29) is 23.3 Å². The van der Waals surface area contributed by atoms with Gasteiger partial charge in [0.1, 0.15) is 6.04 Å². The van der Waals surface area contributed by atoms with Gasteiger partial charge in [0.05, 0.1) is 11.5 Å². The number of sulfone groups is 1. The van der Waals surface area contributed by atoms with Gasteiger partial charge in [0.25, 0.3) is 11.8 Å². The minimum absolute atomic E-state index is 0.0558. The Labute approximate surface area is 184 Å². The molecule has 1 N–H and O–H groups in total. The number of hydrogen-bond acceptors (Lipinski definition) is 6. The lowest BCUT2D eigenvalue weighted by Crippen LogP contribution is -2.48. The van der Waals surface area contributed by atoms with Crippen LogP contribution in [0, 0.1) is 11.8 Å². The first-order chi connectivity index (χ1) is 14.5. The van der Waals surface area contributed by atoms with Crippen LogP contribution in [0.2, 0.25) is 0 Å². The Morgan fingerprint density at radius 1 is 1.13 bits per heavy atom. The molecule has 0 bridgehead atoms. The number of nitrogens with zero attached hydrogens (tertiary/aromatic N) is 1. The maximum absolute atomic E-state index is 12.8. The highest BCUT2D eigenvalue weighted by atomic mass is 32.2. The third-order valence-electron chi connectivity index (χ3n) is 5.11. The molecule has 2 atom stereocenters. The fraction of sp³-hybridized carbons (Fsp3) is 0.591. The van der Waals surface area contributed by atoms with Crippen LogP contribution in [-0.4, -0.2) is 67.8 Å². The van der Waals surface area contributed by atoms with Gasteiger partial charge in [-0.25, -0.2) is 13.2 Å². The summed E-state index contributed by atoms with van der Waals surface area (Å²) in [5, 5.41) is 2.67. The van der Waals surface area contributed by atoms with E-state index in [1.807, 2.05) is 13.8 Å². The van der Waals surface area contributed by atoms with Gasteiger partial charge in [0.15, 0.2) is 16.4 Å². The fourth-order valence-electron chi connectivity index (χ4n) is 3.49. The molecule has 0 saturated carbocycles. The molecule has 0 aromatic heterocycles. The molecular formula is C22H32N2O6S. The van der Waals surface area contributed by atoms with Gasteiger partial charge >= 0.3 is 5.97 Å². The second-order valence-corrected chi connectivity index (χ2v) is 10.9. The van der Waals surface area contributed by atoms with Gasteiger partial charge in [-0.2, -0.15) is 0 Å². The van der Waals surface area contributed by atoms with Crippen LogP contribution >= 0.6 is 0 Å². The summed E-state index contributed by atoms with van der Waals surface area (Å²) >= 11 is 0. The van der Waals surface area contributed by atoms with Gasteiger partial charge in [-0.05, 0) is 30.4 Å². The lowest BCUT2D eigenvalue weighted by Gasteiger charge is -2.30. The van der Waals surface area contributed by atoms with Crippen LogP contribution in [0.5, 0.6) is 0 Å². The minimum Gasteiger partial charge on any atom is -0.454 e. The molecule has 1 saturated heterocycles. The quantitative estimate of drug-likeness (QED) is 0.571. The number of carbonyl (C=O) groups excluding carboxylic acids is 3. The second-order valence-electron chi connectivity index (χ2n) is 8.67. The SMILES string of the molecule is CC(C)CN(C(=O)COC(=O)C(NC(=O)c1ccccc1)C(C)C)C1CCS(=O)(=O)C1. The van der Waals surface area contributed by atoms with E-state index in [0.717, 1.165) is 0 Å². The van der Waals surface area contributed by atoms with Crippen LogP contribution < -0.4 is 5.32 Å². The van der Waals surface area contributed by atoms with Crippen molar-refractivity contribution in [3.8, 4) is 0 Å². The van der Waals surface area contributed by atoms with E-state index in [2.05, 4.69) is 5.32 Å². The molecule has 0 spiro atoms. The van der Waals surface area contributed by atoms with Crippen LogP contribution in [0.25, 0.3) is 0 Å². The summed E-state index contributed by atoms with van der Waals surface area (Å²) in [7, 11) is -3.15. The van der Waals surface area contributed by atoms with Crippen molar-refractivity contribution < 1.29 is 27.5 Å². The van der Waals surface area contributed by atoms with E-state index in [0.29, 0.717) is 18.5 Å². The van der Waals surface area contributed by atoms with E-state index in [1.54, 1.807) is 44.2 Å². The number of benzene rings is 1. The molecule has 2 unspecified atom stereocenters. The van der Waals surface area contributed by atoms with Crippen molar-refractivity contribution in [1.82, 2.24) is 10.2 Å². The molecule has 31 heavy (non-hydrogen) atoms. The first-order valence-electron chi connectivity index (χ1n) is 10.5. The molecular weight excluding hydrogens is 420 g/mol. The van der Waals surface area contributed by atoms with E-state index in [9.17, 15) is 22.8 Å². The lowest BCUT2D eigenvalue weighted by atomic mass is 10.0. The van der Waals surface area contributed by atoms with Gasteiger partial charge in [0.2, 0.25) is 0 Å². The number of carbonyl (C=O) groups is 3. The molecule has 9 heteroatoms. The first kappa shape index (κ1) is 24.8. The van der Waals surface area contributed by atoms with Crippen molar-refractivity contribution in [3.63, 3.8) is 0 Å². The normalized spacial score (nSPS) is 18.6. The standard InChI is InChI=1S/C22H32N2O6S/c1-15(2)12-24(18-10-11-31(28,29)14-18)19(25)13-30-22(27)20(16(3)4)23-21(26)17-8-6-5-7-9-17/h5-9,15-16,18,20H,10-14H2,1-4H3,(H,23,26). The predicted octanol–water partition coefficient (Wildman–Crippen LogP) is 1.66. The molecule has 0 radical (unpaired) electrons. The Morgan fingerprint density at radius 2 is 1.77 bits per heavy atom. The topological polar surface area (TPSA) is 110 Å². The molecule has 1 aromatic rings. The van der Waals surface area contributed by atoms with Crippen molar-refractivity contribution in [2.24, 2.45) is 11.8 Å². The number of ether oxygens (including phenoxy) is 1. The maximum atomic E-state index is 12.8. The molecule has 172 valence electrons. The second kappa shape index (κ2) is 10.7. The predicted molar refractivity (Wildman–Crippen MR) is 117 cm³/mol. The smallest absolute Gasteiger partial charge is 0.329 e. The maximum Gasteiger partial charge on any atom is 0.329 e. The largest absolute Gasteiger partial charge is 0.454 e. The third-order valence-corrected chi connectivity index (χ3v) is 6.86. The zero-order valence-electron chi connectivity index (χ0n) is 18.5. The van der Waals surface area contributed by atoms with Crippen molar-refractivity contribution in [1.29, 1.82) is 0 Å². The first-order valence-corrected chi connectivity index (χ1v) is 12.3. The number of amides is 2. The molecule has 1 heterocycles. The average molecular weight is 453 g/mol. The Kier molecular flexibility index (Phi) is 8.61. The summed E-state index contributed by atoms with van der Waals surface area (Å²) in [5.74, 6) is -1.66. The summed E-state index contributed by atoms with van der Waals surface area (Å²) in [4.78, 5) is 39.3. The number of hydrogen-bond donors (Lipinski definition) is 1. The number of rotatable bonds is 9. The van der Waals surface area contributed by atoms with Crippen molar-refractivity contribution in [2.75, 3.05) is 24.7 Å². The molecule has 1 aliphatic heterocycles. The molecule has 1 aliphatic rings. The average Bonchev–Trinajstić information content (AvgIpc) is 3.07. The van der Waals surface area contributed by atoms with E-state index in [1.165, 1.54) is 4.90 Å². The number of esters is 1. The summed E-state index contributed by atoms with van der Waals surface area (Å²) < 4.78 is 28.9. The molecule has 2 rings (SSSR count). The third kappa shape index (κ3) is 7.34. The summed E-state index contributed by atoms with van der Waals surface area (Å²) in [5.41, 5.74) is 0.419. The molecule has 1 fully saturated rings. The van der Waals surface area contributed by atoms with Gasteiger partial charge in [-0.15, -0.1) is 0 Å². The zero-order chi connectivity index (χ0) is 23.2. The van der Waals surface area contributed by atoms with Gasteiger partial charge in [-0.3, -0.25) is 9.59 Å². The van der Waals surface area contributed by atoms with Crippen LogP contribution in [-0.2, 0) is 24.2 Å². The van der Waals surface area contributed by atoms with Crippen molar-refractivity contribution in [2.45, 2.75) is 46.2 Å².